The van der Waals surface area contributed by atoms with E-state index in [1.54, 1.807) is 0 Å². The Labute approximate surface area is 162 Å². The summed E-state index contributed by atoms with van der Waals surface area (Å²) in [6.45, 7) is 29.2. The molecule has 0 aliphatic heterocycles. The molecule has 0 nitrogen and oxygen atoms in total. The standard InChI is InChI=1S/C24H52P/c1-21(2,3)13-17-25(18-14-22(4,5)6,19-15-23(7,8)9)20-16-24(10,11)12/h13-20H2,1-12H3/q+1. The van der Waals surface area contributed by atoms with Crippen LogP contribution in [0, 0.1) is 21.7 Å². The smallest absolute Gasteiger partial charge is 0.0599 e. The van der Waals surface area contributed by atoms with Gasteiger partial charge in [0, 0.05) is 7.26 Å². The normalized spacial score (nSPS) is 14.9. The van der Waals surface area contributed by atoms with E-state index in [4.69, 9.17) is 0 Å². The van der Waals surface area contributed by atoms with E-state index in [9.17, 15) is 0 Å². The van der Waals surface area contributed by atoms with E-state index < -0.39 is 7.26 Å². The van der Waals surface area contributed by atoms with E-state index in [1.165, 1.54) is 50.3 Å². The van der Waals surface area contributed by atoms with Gasteiger partial charge >= 0.3 is 0 Å². The van der Waals surface area contributed by atoms with Crippen LogP contribution in [0.5, 0.6) is 0 Å². The summed E-state index contributed by atoms with van der Waals surface area (Å²) in [4.78, 5) is 0. The maximum atomic E-state index is 2.43. The van der Waals surface area contributed by atoms with Gasteiger partial charge in [-0.2, -0.15) is 0 Å². The summed E-state index contributed by atoms with van der Waals surface area (Å²) >= 11 is 0. The van der Waals surface area contributed by atoms with E-state index in [0.717, 1.165) is 0 Å². The van der Waals surface area contributed by atoms with E-state index in [0.29, 0.717) is 21.7 Å². The SMILES string of the molecule is CC(C)(C)CC[P+](CCC(C)(C)C)(CCC(C)(C)C)CCC(C)(C)C. The van der Waals surface area contributed by atoms with Gasteiger partial charge in [0.25, 0.3) is 0 Å². The van der Waals surface area contributed by atoms with Gasteiger partial charge in [0.2, 0.25) is 0 Å². The summed E-state index contributed by atoms with van der Waals surface area (Å²) in [7, 11) is -0.882. The molecular weight excluding hydrogens is 319 g/mol. The summed E-state index contributed by atoms with van der Waals surface area (Å²) < 4.78 is 0. The molecule has 0 amide bonds. The highest BCUT2D eigenvalue weighted by Crippen LogP contribution is 2.64. The Kier molecular flexibility index (Phi) is 9.24. The quantitative estimate of drug-likeness (QED) is 0.374. The Morgan fingerprint density at radius 1 is 0.360 bits per heavy atom. The summed E-state index contributed by atoms with van der Waals surface area (Å²) in [5.41, 5.74) is 1.87. The van der Waals surface area contributed by atoms with Gasteiger partial charge in [-0.3, -0.25) is 0 Å². The monoisotopic (exact) mass is 371 g/mol. The predicted octanol–water partition coefficient (Wildman–Crippen LogP) is 8.75. The molecule has 25 heavy (non-hydrogen) atoms. The van der Waals surface area contributed by atoms with Crippen LogP contribution in [0.4, 0.5) is 0 Å². The molecule has 0 aliphatic rings. The first-order valence-corrected chi connectivity index (χ1v) is 13.2. The summed E-state index contributed by atoms with van der Waals surface area (Å²) in [6.07, 6.45) is 11.7. The highest BCUT2D eigenvalue weighted by atomic mass is 31.2. The van der Waals surface area contributed by atoms with Crippen LogP contribution in [0.25, 0.3) is 0 Å². The molecule has 1 heteroatoms. The fourth-order valence-electron chi connectivity index (χ4n) is 2.96. The lowest BCUT2D eigenvalue weighted by atomic mass is 9.93. The number of hydrogen-bond acceptors (Lipinski definition) is 0. The first-order chi connectivity index (χ1) is 10.8. The van der Waals surface area contributed by atoms with Crippen molar-refractivity contribution in [2.24, 2.45) is 21.7 Å². The predicted molar refractivity (Wildman–Crippen MR) is 123 cm³/mol. The minimum absolute atomic E-state index is 0.469. The lowest BCUT2D eigenvalue weighted by Crippen LogP contribution is -2.23. The number of rotatable bonds is 8. The third kappa shape index (κ3) is 15.2. The molecule has 0 heterocycles. The van der Waals surface area contributed by atoms with Crippen molar-refractivity contribution in [1.82, 2.24) is 0 Å². The van der Waals surface area contributed by atoms with Gasteiger partial charge in [-0.1, -0.05) is 83.1 Å². The van der Waals surface area contributed by atoms with Gasteiger partial charge in [0.15, 0.2) is 0 Å². The highest BCUT2D eigenvalue weighted by Gasteiger charge is 2.40. The summed E-state index contributed by atoms with van der Waals surface area (Å²) in [5.74, 6) is 0. The molecule has 0 aliphatic carbocycles. The van der Waals surface area contributed by atoms with Crippen LogP contribution in [0.15, 0.2) is 0 Å². The van der Waals surface area contributed by atoms with Crippen LogP contribution in [0.3, 0.4) is 0 Å². The molecule has 0 aromatic heterocycles. The zero-order valence-corrected chi connectivity index (χ0v) is 21.0. The maximum absolute atomic E-state index is 2.43. The van der Waals surface area contributed by atoms with Crippen molar-refractivity contribution in [2.45, 2.75) is 109 Å². The minimum Gasteiger partial charge on any atom is -0.0600 e. The molecular formula is C24H52P+. The van der Waals surface area contributed by atoms with Crippen LogP contribution in [0.1, 0.15) is 109 Å². The zero-order valence-electron chi connectivity index (χ0n) is 20.1. The third-order valence-electron chi connectivity index (χ3n) is 5.34. The molecule has 0 bridgehead atoms. The first kappa shape index (κ1) is 25.4. The van der Waals surface area contributed by atoms with Crippen molar-refractivity contribution >= 4 is 7.26 Å². The fourth-order valence-corrected chi connectivity index (χ4v) is 8.88. The molecule has 152 valence electrons. The van der Waals surface area contributed by atoms with Crippen molar-refractivity contribution in [2.75, 3.05) is 24.6 Å². The van der Waals surface area contributed by atoms with Crippen molar-refractivity contribution < 1.29 is 0 Å². The van der Waals surface area contributed by atoms with Crippen molar-refractivity contribution in [3.8, 4) is 0 Å². The Balaban J connectivity index is 5.41. The summed E-state index contributed by atoms with van der Waals surface area (Å²) in [5, 5.41) is 0. The Hall–Kier alpha value is 0.430. The van der Waals surface area contributed by atoms with Crippen LogP contribution < -0.4 is 0 Å². The molecule has 0 aromatic carbocycles. The second-order valence-electron chi connectivity index (χ2n) is 13.5. The van der Waals surface area contributed by atoms with Gasteiger partial charge in [-0.25, -0.2) is 0 Å². The first-order valence-electron chi connectivity index (χ1n) is 10.7. The molecule has 0 radical (unpaired) electrons. The second-order valence-corrected chi connectivity index (χ2v) is 18.0. The molecule has 0 spiro atoms. The average Bonchev–Trinajstić information content (AvgIpc) is 2.33. The highest BCUT2D eigenvalue weighted by molar-refractivity contribution is 7.75. The van der Waals surface area contributed by atoms with E-state index in [-0.39, 0.29) is 0 Å². The molecule has 0 rings (SSSR count). The van der Waals surface area contributed by atoms with Crippen LogP contribution in [-0.2, 0) is 0 Å². The van der Waals surface area contributed by atoms with Crippen LogP contribution >= 0.6 is 7.26 Å². The molecule has 0 unspecified atom stereocenters. The number of hydrogen-bond donors (Lipinski definition) is 0. The Bertz CT molecular complexity index is 287. The third-order valence-corrected chi connectivity index (χ3v) is 10.0. The van der Waals surface area contributed by atoms with Crippen molar-refractivity contribution in [1.29, 1.82) is 0 Å². The maximum Gasteiger partial charge on any atom is 0.0599 e. The van der Waals surface area contributed by atoms with Gasteiger partial charge in [-0.05, 0) is 47.3 Å². The van der Waals surface area contributed by atoms with Gasteiger partial charge < -0.3 is 0 Å². The van der Waals surface area contributed by atoms with Crippen molar-refractivity contribution in [3.63, 3.8) is 0 Å². The minimum atomic E-state index is -0.882. The van der Waals surface area contributed by atoms with Gasteiger partial charge in [0.1, 0.15) is 0 Å². The molecule has 0 N–H and O–H groups in total. The zero-order chi connectivity index (χ0) is 20.2. The van der Waals surface area contributed by atoms with Crippen molar-refractivity contribution in [3.05, 3.63) is 0 Å². The fraction of sp³-hybridized carbons (Fsp3) is 1.00. The topological polar surface area (TPSA) is 0 Å². The summed E-state index contributed by atoms with van der Waals surface area (Å²) in [6, 6.07) is 0. The van der Waals surface area contributed by atoms with Crippen LogP contribution in [-0.4, -0.2) is 24.6 Å². The van der Waals surface area contributed by atoms with E-state index in [1.807, 2.05) is 0 Å². The Morgan fingerprint density at radius 3 is 0.640 bits per heavy atom. The molecule has 0 fully saturated rings. The van der Waals surface area contributed by atoms with E-state index >= 15 is 0 Å². The average molecular weight is 372 g/mol. The second kappa shape index (κ2) is 9.08. The Morgan fingerprint density at radius 2 is 0.520 bits per heavy atom. The molecule has 0 aromatic rings. The lowest BCUT2D eigenvalue weighted by molar-refractivity contribution is 0.381. The van der Waals surface area contributed by atoms with E-state index in [2.05, 4.69) is 83.1 Å². The van der Waals surface area contributed by atoms with Gasteiger partial charge in [0.05, 0.1) is 24.6 Å². The molecule has 0 saturated heterocycles. The molecule has 0 atom stereocenters. The van der Waals surface area contributed by atoms with Crippen LogP contribution in [0.2, 0.25) is 0 Å². The lowest BCUT2D eigenvalue weighted by Gasteiger charge is -2.36. The largest absolute Gasteiger partial charge is 0.0600 e. The molecule has 0 saturated carbocycles. The van der Waals surface area contributed by atoms with Gasteiger partial charge in [-0.15, -0.1) is 0 Å².